The van der Waals surface area contributed by atoms with E-state index in [0.29, 0.717) is 5.69 Å². The number of nitrogens with two attached hydrogens (primary N) is 1. The van der Waals surface area contributed by atoms with Crippen LogP contribution < -0.4 is 5.73 Å². The molecule has 1 aromatic rings. The van der Waals surface area contributed by atoms with E-state index in [9.17, 15) is 4.79 Å². The van der Waals surface area contributed by atoms with E-state index in [0.717, 1.165) is 5.56 Å². The molecule has 14 heavy (non-hydrogen) atoms. The summed E-state index contributed by atoms with van der Waals surface area (Å²) in [6.07, 6.45) is 0.186. The maximum atomic E-state index is 11.1. The minimum absolute atomic E-state index is 0.0428. The van der Waals surface area contributed by atoms with E-state index >= 15 is 0 Å². The molecule has 0 unspecified atom stereocenters. The number of benzene rings is 1. The molecule has 0 amide bonds. The zero-order chi connectivity index (χ0) is 10.4. The second-order valence-corrected chi connectivity index (χ2v) is 2.87. The predicted molar refractivity (Wildman–Crippen MR) is 52.6 cm³/mol. The number of hydrogen-bond donors (Lipinski definition) is 2. The Balaban J connectivity index is 2.47. The molecule has 0 atom stereocenters. The first-order valence-corrected chi connectivity index (χ1v) is 4.33. The summed E-state index contributed by atoms with van der Waals surface area (Å²) in [7, 11) is 0. The van der Waals surface area contributed by atoms with Crippen LogP contribution in [0.5, 0.6) is 0 Å². The van der Waals surface area contributed by atoms with Crippen molar-refractivity contribution in [3.8, 4) is 0 Å². The van der Waals surface area contributed by atoms with Gasteiger partial charge in [0.25, 0.3) is 0 Å². The van der Waals surface area contributed by atoms with E-state index in [-0.39, 0.29) is 25.6 Å². The molecule has 0 aliphatic heterocycles. The van der Waals surface area contributed by atoms with Crippen LogP contribution in [0.4, 0.5) is 5.69 Å². The molecular formula is C10H13NO3. The third-order valence-electron chi connectivity index (χ3n) is 1.65. The average Bonchev–Trinajstić information content (AvgIpc) is 2.15. The number of rotatable bonds is 4. The quantitative estimate of drug-likeness (QED) is 0.537. The van der Waals surface area contributed by atoms with Crippen molar-refractivity contribution in [1.82, 2.24) is 0 Å². The van der Waals surface area contributed by atoms with Gasteiger partial charge in [-0.05, 0) is 17.7 Å². The van der Waals surface area contributed by atoms with Crippen LogP contribution in [0.15, 0.2) is 24.3 Å². The Morgan fingerprint density at radius 1 is 1.50 bits per heavy atom. The third kappa shape index (κ3) is 3.45. The van der Waals surface area contributed by atoms with Crippen LogP contribution in [0.2, 0.25) is 0 Å². The molecule has 0 aliphatic rings. The molecule has 4 nitrogen and oxygen atoms in total. The van der Waals surface area contributed by atoms with Gasteiger partial charge in [0.15, 0.2) is 0 Å². The minimum atomic E-state index is -0.357. The summed E-state index contributed by atoms with van der Waals surface area (Å²) in [6.45, 7) is -0.107. The van der Waals surface area contributed by atoms with Crippen LogP contribution in [-0.2, 0) is 16.0 Å². The maximum Gasteiger partial charge on any atom is 0.310 e. The summed E-state index contributed by atoms with van der Waals surface area (Å²) < 4.78 is 4.71. The average molecular weight is 195 g/mol. The molecular weight excluding hydrogens is 182 g/mol. The highest BCUT2D eigenvalue weighted by molar-refractivity contribution is 5.72. The summed E-state index contributed by atoms with van der Waals surface area (Å²) >= 11 is 0. The first-order valence-electron chi connectivity index (χ1n) is 4.33. The number of anilines is 1. The van der Waals surface area contributed by atoms with E-state index < -0.39 is 0 Å². The van der Waals surface area contributed by atoms with Gasteiger partial charge in [-0.1, -0.05) is 12.1 Å². The van der Waals surface area contributed by atoms with Crippen LogP contribution in [0.25, 0.3) is 0 Å². The van der Waals surface area contributed by atoms with Gasteiger partial charge < -0.3 is 15.6 Å². The second kappa shape index (κ2) is 5.24. The van der Waals surface area contributed by atoms with Gasteiger partial charge in [0.2, 0.25) is 0 Å². The first-order chi connectivity index (χ1) is 6.72. The lowest BCUT2D eigenvalue weighted by Gasteiger charge is -2.03. The predicted octanol–water partition coefficient (Wildman–Crippen LogP) is 0.347. The normalized spacial score (nSPS) is 9.79. The van der Waals surface area contributed by atoms with E-state index in [4.69, 9.17) is 15.6 Å². The molecule has 3 N–H and O–H groups in total. The Morgan fingerprint density at radius 3 is 2.93 bits per heavy atom. The number of nitrogen functional groups attached to an aromatic ring is 1. The highest BCUT2D eigenvalue weighted by Gasteiger charge is 2.03. The fraction of sp³-hybridized carbons (Fsp3) is 0.300. The Hall–Kier alpha value is -1.55. The Bertz CT molecular complexity index is 312. The molecule has 0 heterocycles. The largest absolute Gasteiger partial charge is 0.463 e. The smallest absolute Gasteiger partial charge is 0.310 e. The highest BCUT2D eigenvalue weighted by Crippen LogP contribution is 2.07. The summed E-state index contributed by atoms with van der Waals surface area (Å²) in [5.41, 5.74) is 6.98. The Kier molecular flexibility index (Phi) is 3.94. The maximum absolute atomic E-state index is 11.1. The fourth-order valence-electron chi connectivity index (χ4n) is 1.08. The number of aliphatic hydroxyl groups is 1. The standard InChI is InChI=1S/C10H13NO3/c11-9-3-1-2-8(6-9)7-10(13)14-5-4-12/h1-3,6,12H,4-5,7,11H2. The van der Waals surface area contributed by atoms with Crippen molar-refractivity contribution in [2.45, 2.75) is 6.42 Å². The molecule has 76 valence electrons. The third-order valence-corrected chi connectivity index (χ3v) is 1.65. The summed E-state index contributed by atoms with van der Waals surface area (Å²) in [5.74, 6) is -0.357. The zero-order valence-electron chi connectivity index (χ0n) is 7.77. The monoisotopic (exact) mass is 195 g/mol. The molecule has 0 saturated carbocycles. The molecule has 0 bridgehead atoms. The molecule has 0 fully saturated rings. The highest BCUT2D eigenvalue weighted by atomic mass is 16.5. The van der Waals surface area contributed by atoms with Gasteiger partial charge in [0, 0.05) is 5.69 Å². The van der Waals surface area contributed by atoms with Crippen LogP contribution in [-0.4, -0.2) is 24.3 Å². The number of ether oxygens (including phenoxy) is 1. The van der Waals surface area contributed by atoms with Crippen molar-refractivity contribution in [2.75, 3.05) is 18.9 Å². The Labute approximate surface area is 82.3 Å². The van der Waals surface area contributed by atoms with E-state index in [1.54, 1.807) is 24.3 Å². The molecule has 0 aromatic heterocycles. The van der Waals surface area contributed by atoms with Gasteiger partial charge in [0.1, 0.15) is 6.61 Å². The summed E-state index contributed by atoms with van der Waals surface area (Å²) in [4.78, 5) is 11.1. The molecule has 0 spiro atoms. The van der Waals surface area contributed by atoms with E-state index in [1.165, 1.54) is 0 Å². The molecule has 0 radical (unpaired) electrons. The topological polar surface area (TPSA) is 72.6 Å². The van der Waals surface area contributed by atoms with E-state index in [1.807, 2.05) is 0 Å². The van der Waals surface area contributed by atoms with Crippen molar-refractivity contribution in [3.63, 3.8) is 0 Å². The minimum Gasteiger partial charge on any atom is -0.463 e. The Morgan fingerprint density at radius 2 is 2.29 bits per heavy atom. The van der Waals surface area contributed by atoms with Crippen molar-refractivity contribution in [2.24, 2.45) is 0 Å². The molecule has 1 aromatic carbocycles. The van der Waals surface area contributed by atoms with Crippen LogP contribution >= 0.6 is 0 Å². The van der Waals surface area contributed by atoms with Crippen molar-refractivity contribution >= 4 is 11.7 Å². The van der Waals surface area contributed by atoms with Crippen molar-refractivity contribution in [1.29, 1.82) is 0 Å². The molecule has 4 heteroatoms. The van der Waals surface area contributed by atoms with Gasteiger partial charge in [-0.2, -0.15) is 0 Å². The van der Waals surface area contributed by atoms with Crippen LogP contribution in [0, 0.1) is 0 Å². The zero-order valence-corrected chi connectivity index (χ0v) is 7.77. The molecule has 0 aliphatic carbocycles. The van der Waals surface area contributed by atoms with E-state index in [2.05, 4.69) is 0 Å². The van der Waals surface area contributed by atoms with Crippen molar-refractivity contribution in [3.05, 3.63) is 29.8 Å². The van der Waals surface area contributed by atoms with Crippen LogP contribution in [0.3, 0.4) is 0 Å². The summed E-state index contributed by atoms with van der Waals surface area (Å²) in [6, 6.07) is 7.06. The van der Waals surface area contributed by atoms with Gasteiger partial charge in [-0.15, -0.1) is 0 Å². The van der Waals surface area contributed by atoms with Gasteiger partial charge in [-0.25, -0.2) is 0 Å². The summed E-state index contributed by atoms with van der Waals surface area (Å²) in [5, 5.41) is 8.43. The number of carbonyl (C=O) groups excluding carboxylic acids is 1. The van der Waals surface area contributed by atoms with Crippen LogP contribution in [0.1, 0.15) is 5.56 Å². The number of carbonyl (C=O) groups is 1. The van der Waals surface area contributed by atoms with Gasteiger partial charge >= 0.3 is 5.97 Å². The second-order valence-electron chi connectivity index (χ2n) is 2.87. The van der Waals surface area contributed by atoms with Gasteiger partial charge in [0.05, 0.1) is 13.0 Å². The number of aliphatic hydroxyl groups excluding tert-OH is 1. The molecule has 1 rings (SSSR count). The van der Waals surface area contributed by atoms with Gasteiger partial charge in [-0.3, -0.25) is 4.79 Å². The lowest BCUT2D eigenvalue weighted by atomic mass is 10.1. The fourth-order valence-corrected chi connectivity index (χ4v) is 1.08. The lowest BCUT2D eigenvalue weighted by molar-refractivity contribution is -0.143. The molecule has 0 saturated heterocycles. The number of esters is 1. The van der Waals surface area contributed by atoms with Crippen molar-refractivity contribution < 1.29 is 14.6 Å². The lowest BCUT2D eigenvalue weighted by Crippen LogP contribution is -2.11. The number of hydrogen-bond acceptors (Lipinski definition) is 4. The first kappa shape index (κ1) is 10.5. The SMILES string of the molecule is Nc1cccc(CC(=O)OCCO)c1.